The van der Waals surface area contributed by atoms with Gasteiger partial charge in [-0.25, -0.2) is 0 Å². The molecular formula is C15H20O2Si. The van der Waals surface area contributed by atoms with Gasteiger partial charge in [-0.3, -0.25) is 4.79 Å². The Balaban J connectivity index is 2.62. The lowest BCUT2D eigenvalue weighted by Gasteiger charge is -2.04. The van der Waals surface area contributed by atoms with Gasteiger partial charge in [0, 0.05) is 12.0 Å². The Morgan fingerprint density at radius 2 is 1.83 bits per heavy atom. The first-order chi connectivity index (χ1) is 8.40. The molecule has 2 nitrogen and oxygen atoms in total. The van der Waals surface area contributed by atoms with Crippen molar-refractivity contribution < 1.29 is 9.53 Å². The molecule has 1 rings (SSSR count). The molecule has 0 aromatic heterocycles. The van der Waals surface area contributed by atoms with Crippen molar-refractivity contribution in [3.05, 3.63) is 35.4 Å². The Bertz CT molecular complexity index is 458. The van der Waals surface area contributed by atoms with Gasteiger partial charge < -0.3 is 4.74 Å². The fourth-order valence-corrected chi connectivity index (χ4v) is 1.88. The van der Waals surface area contributed by atoms with Crippen molar-refractivity contribution in [3.8, 4) is 11.5 Å². The quantitative estimate of drug-likeness (QED) is 0.474. The van der Waals surface area contributed by atoms with Crippen LogP contribution in [0.25, 0.3) is 0 Å². The molecule has 0 bridgehead atoms. The van der Waals surface area contributed by atoms with Crippen molar-refractivity contribution in [2.75, 3.05) is 7.11 Å². The lowest BCUT2D eigenvalue weighted by molar-refractivity contribution is -0.140. The maximum absolute atomic E-state index is 11.0. The van der Waals surface area contributed by atoms with Gasteiger partial charge in [-0.1, -0.05) is 37.7 Å². The Kier molecular flexibility index (Phi) is 5.18. The molecule has 0 aliphatic rings. The standard InChI is InChI=1S/C15H20O2Si/c1-17-15(16)10-9-13-5-7-14(8-6-13)11-12-18(2,3)4/h5-8H,9-10H2,1-4H3. The molecule has 0 N–H and O–H groups in total. The third-order valence-electron chi connectivity index (χ3n) is 2.38. The largest absolute Gasteiger partial charge is 0.469 e. The van der Waals surface area contributed by atoms with Crippen LogP contribution in [-0.4, -0.2) is 21.2 Å². The molecule has 18 heavy (non-hydrogen) atoms. The summed E-state index contributed by atoms with van der Waals surface area (Å²) in [6.45, 7) is 6.68. The number of hydrogen-bond acceptors (Lipinski definition) is 2. The first-order valence-corrected chi connectivity index (χ1v) is 9.59. The van der Waals surface area contributed by atoms with Crippen molar-refractivity contribution in [2.45, 2.75) is 32.5 Å². The minimum Gasteiger partial charge on any atom is -0.469 e. The minimum atomic E-state index is -1.31. The first kappa shape index (κ1) is 14.5. The van der Waals surface area contributed by atoms with E-state index < -0.39 is 8.07 Å². The number of esters is 1. The summed E-state index contributed by atoms with van der Waals surface area (Å²) in [5, 5.41) is 0. The number of ether oxygens (including phenoxy) is 1. The second kappa shape index (κ2) is 6.41. The first-order valence-electron chi connectivity index (χ1n) is 6.09. The molecule has 0 aliphatic carbocycles. The van der Waals surface area contributed by atoms with Crippen molar-refractivity contribution in [2.24, 2.45) is 0 Å². The second-order valence-corrected chi connectivity index (χ2v) is 10.0. The molecule has 0 unspecified atom stereocenters. The smallest absolute Gasteiger partial charge is 0.305 e. The third-order valence-corrected chi connectivity index (χ3v) is 3.26. The molecule has 0 spiro atoms. The van der Waals surface area contributed by atoms with Crippen LogP contribution in [0.4, 0.5) is 0 Å². The molecule has 0 fully saturated rings. The van der Waals surface area contributed by atoms with Crippen molar-refractivity contribution in [1.29, 1.82) is 0 Å². The maximum atomic E-state index is 11.0. The number of methoxy groups -OCH3 is 1. The highest BCUT2D eigenvalue weighted by Crippen LogP contribution is 2.07. The van der Waals surface area contributed by atoms with Crippen molar-refractivity contribution in [3.63, 3.8) is 0 Å². The number of aryl methyl sites for hydroxylation is 1. The maximum Gasteiger partial charge on any atom is 0.305 e. The summed E-state index contributed by atoms with van der Waals surface area (Å²) >= 11 is 0. The zero-order valence-electron chi connectivity index (χ0n) is 11.5. The van der Waals surface area contributed by atoms with E-state index in [-0.39, 0.29) is 5.97 Å². The highest BCUT2D eigenvalue weighted by atomic mass is 28.3. The molecule has 0 atom stereocenters. The molecule has 96 valence electrons. The highest BCUT2D eigenvalue weighted by molar-refractivity contribution is 6.83. The minimum absolute atomic E-state index is 0.169. The number of hydrogen-bond donors (Lipinski definition) is 0. The van der Waals surface area contributed by atoms with Crippen LogP contribution in [-0.2, 0) is 16.0 Å². The summed E-state index contributed by atoms with van der Waals surface area (Å²) in [4.78, 5) is 11.0. The average Bonchev–Trinajstić information content (AvgIpc) is 2.33. The van der Waals surface area contributed by atoms with Gasteiger partial charge in [0.05, 0.1) is 7.11 Å². The zero-order valence-corrected chi connectivity index (χ0v) is 12.5. The highest BCUT2D eigenvalue weighted by Gasteiger charge is 2.07. The van der Waals surface area contributed by atoms with Gasteiger partial charge in [-0.15, -0.1) is 5.54 Å². The molecule has 0 heterocycles. The Morgan fingerprint density at radius 3 is 2.33 bits per heavy atom. The van der Waals surface area contributed by atoms with E-state index in [1.54, 1.807) is 0 Å². The van der Waals surface area contributed by atoms with E-state index in [0.29, 0.717) is 12.8 Å². The number of carbonyl (C=O) groups excluding carboxylic acids is 1. The summed E-state index contributed by atoms with van der Waals surface area (Å²) in [5.74, 6) is 3.04. The van der Waals surface area contributed by atoms with Crippen LogP contribution in [0.2, 0.25) is 19.6 Å². The van der Waals surface area contributed by atoms with Gasteiger partial charge in [0.25, 0.3) is 0 Å². The number of benzene rings is 1. The summed E-state index contributed by atoms with van der Waals surface area (Å²) in [6, 6.07) is 8.08. The van der Waals surface area contributed by atoms with E-state index in [1.165, 1.54) is 7.11 Å². The predicted molar refractivity (Wildman–Crippen MR) is 77.0 cm³/mol. The van der Waals surface area contributed by atoms with Gasteiger partial charge in [0.2, 0.25) is 0 Å². The average molecular weight is 260 g/mol. The van der Waals surface area contributed by atoms with Crippen LogP contribution in [0.5, 0.6) is 0 Å². The van der Waals surface area contributed by atoms with E-state index in [0.717, 1.165) is 11.1 Å². The van der Waals surface area contributed by atoms with Crippen LogP contribution >= 0.6 is 0 Å². The second-order valence-electron chi connectivity index (χ2n) is 5.27. The van der Waals surface area contributed by atoms with Crippen LogP contribution in [0.15, 0.2) is 24.3 Å². The van der Waals surface area contributed by atoms with Gasteiger partial charge in [-0.05, 0) is 24.1 Å². The fraction of sp³-hybridized carbons (Fsp3) is 0.400. The van der Waals surface area contributed by atoms with Crippen LogP contribution in [0, 0.1) is 11.5 Å². The lowest BCUT2D eigenvalue weighted by atomic mass is 10.1. The topological polar surface area (TPSA) is 26.3 Å². The molecule has 0 aliphatic heterocycles. The molecule has 1 aromatic rings. The van der Waals surface area contributed by atoms with E-state index in [4.69, 9.17) is 0 Å². The van der Waals surface area contributed by atoms with E-state index in [1.807, 2.05) is 24.3 Å². The zero-order chi connectivity index (χ0) is 13.6. The Hall–Kier alpha value is -1.53. The van der Waals surface area contributed by atoms with Gasteiger partial charge in [-0.2, -0.15) is 0 Å². The van der Waals surface area contributed by atoms with Crippen molar-refractivity contribution in [1.82, 2.24) is 0 Å². The molecule has 0 radical (unpaired) electrons. The fourth-order valence-electron chi connectivity index (χ4n) is 1.36. The van der Waals surface area contributed by atoms with Gasteiger partial charge >= 0.3 is 5.97 Å². The summed E-state index contributed by atoms with van der Waals surface area (Å²) in [6.07, 6.45) is 1.14. The summed E-state index contributed by atoms with van der Waals surface area (Å²) in [7, 11) is 0.103. The molecular weight excluding hydrogens is 240 g/mol. The molecule has 0 saturated carbocycles. The predicted octanol–water partition coefficient (Wildman–Crippen LogP) is 3.02. The van der Waals surface area contributed by atoms with Crippen LogP contribution < -0.4 is 0 Å². The van der Waals surface area contributed by atoms with Gasteiger partial charge in [0.1, 0.15) is 8.07 Å². The molecule has 3 heteroatoms. The molecule has 0 amide bonds. The van der Waals surface area contributed by atoms with Crippen LogP contribution in [0.1, 0.15) is 17.5 Å². The van der Waals surface area contributed by atoms with E-state index in [9.17, 15) is 4.79 Å². The lowest BCUT2D eigenvalue weighted by Crippen LogP contribution is -2.16. The van der Waals surface area contributed by atoms with Crippen LogP contribution in [0.3, 0.4) is 0 Å². The SMILES string of the molecule is COC(=O)CCc1ccc(C#C[Si](C)(C)C)cc1. The van der Waals surface area contributed by atoms with E-state index >= 15 is 0 Å². The number of carbonyl (C=O) groups is 1. The van der Waals surface area contributed by atoms with Gasteiger partial charge in [0.15, 0.2) is 0 Å². The third kappa shape index (κ3) is 5.69. The summed E-state index contributed by atoms with van der Waals surface area (Å²) < 4.78 is 4.61. The number of rotatable bonds is 3. The normalized spacial score (nSPS) is 10.4. The Labute approximate surface area is 110 Å². The van der Waals surface area contributed by atoms with Crippen molar-refractivity contribution >= 4 is 14.0 Å². The Morgan fingerprint density at radius 1 is 1.22 bits per heavy atom. The molecule has 0 saturated heterocycles. The van der Waals surface area contributed by atoms with E-state index in [2.05, 4.69) is 35.8 Å². The summed E-state index contributed by atoms with van der Waals surface area (Å²) in [5.41, 5.74) is 5.51. The molecule has 1 aromatic carbocycles. The monoisotopic (exact) mass is 260 g/mol.